The summed E-state index contributed by atoms with van der Waals surface area (Å²) in [4.78, 5) is 6.24. The van der Waals surface area contributed by atoms with Gasteiger partial charge in [-0.1, -0.05) is 5.46 Å². The molecule has 0 aliphatic heterocycles. The van der Waals surface area contributed by atoms with Crippen LogP contribution in [0.4, 0.5) is 12.9 Å². The third-order valence-corrected chi connectivity index (χ3v) is 1.87. The van der Waals surface area contributed by atoms with Crippen molar-refractivity contribution in [3.05, 3.63) is 24.7 Å². The Kier molecular flexibility index (Phi) is 1.58. The maximum Gasteiger partial charge on any atom is 0.511 e. The third kappa shape index (κ3) is 1.28. The maximum atomic E-state index is 12.4. The molecule has 0 aliphatic rings. The van der Waals surface area contributed by atoms with E-state index in [2.05, 4.69) is 9.97 Å². The lowest BCUT2D eigenvalue weighted by Gasteiger charge is -2.12. The molecule has 6 heteroatoms. The lowest BCUT2D eigenvalue weighted by Crippen LogP contribution is -2.33. The molecule has 0 bridgehead atoms. The van der Waals surface area contributed by atoms with E-state index in [0.29, 0.717) is 5.52 Å². The molecule has 0 saturated carbocycles. The van der Waals surface area contributed by atoms with Crippen molar-refractivity contribution >= 4 is 23.3 Å². The Bertz CT molecular complexity index is 434. The van der Waals surface area contributed by atoms with E-state index in [1.807, 2.05) is 0 Å². The fourth-order valence-corrected chi connectivity index (χ4v) is 1.27. The predicted octanol–water partition coefficient (Wildman–Crippen LogP) is 1.62. The van der Waals surface area contributed by atoms with Crippen LogP contribution in [0.3, 0.4) is 0 Å². The Hall–Kier alpha value is -1.46. The highest BCUT2D eigenvalue weighted by Gasteiger charge is 2.28. The number of pyridine rings is 1. The zero-order valence-corrected chi connectivity index (χ0v) is 6.47. The van der Waals surface area contributed by atoms with Gasteiger partial charge in [-0.25, -0.2) is 0 Å². The SMILES string of the molecule is F[B-](F)(F)c1c[nH]c2cnccc12. The average molecular weight is 185 g/mol. The van der Waals surface area contributed by atoms with Crippen molar-refractivity contribution in [2.45, 2.75) is 0 Å². The van der Waals surface area contributed by atoms with Gasteiger partial charge in [-0.2, -0.15) is 0 Å². The first kappa shape index (κ1) is 8.16. The Morgan fingerprint density at radius 1 is 1.31 bits per heavy atom. The predicted molar refractivity (Wildman–Crippen MR) is 44.8 cm³/mol. The summed E-state index contributed by atoms with van der Waals surface area (Å²) in [5.74, 6) is 0. The summed E-state index contributed by atoms with van der Waals surface area (Å²) in [6.45, 7) is -4.94. The van der Waals surface area contributed by atoms with E-state index >= 15 is 0 Å². The van der Waals surface area contributed by atoms with Crippen molar-refractivity contribution in [1.29, 1.82) is 0 Å². The number of H-pyrrole nitrogens is 1. The summed E-state index contributed by atoms with van der Waals surface area (Å²) in [5.41, 5.74) is -0.172. The van der Waals surface area contributed by atoms with Gasteiger partial charge >= 0.3 is 6.98 Å². The van der Waals surface area contributed by atoms with Crippen LogP contribution in [0.25, 0.3) is 10.9 Å². The van der Waals surface area contributed by atoms with E-state index in [1.54, 1.807) is 0 Å². The van der Waals surface area contributed by atoms with Gasteiger partial charge < -0.3 is 17.9 Å². The largest absolute Gasteiger partial charge is 0.511 e. The lowest BCUT2D eigenvalue weighted by molar-refractivity contribution is 0.502. The van der Waals surface area contributed by atoms with Crippen molar-refractivity contribution in [3.8, 4) is 0 Å². The smallest absolute Gasteiger partial charge is 0.445 e. The van der Waals surface area contributed by atoms with E-state index in [-0.39, 0.29) is 5.39 Å². The normalized spacial score (nSPS) is 12.2. The highest BCUT2D eigenvalue weighted by atomic mass is 19.4. The molecule has 68 valence electrons. The zero-order chi connectivity index (χ0) is 9.47. The summed E-state index contributed by atoms with van der Waals surface area (Å²) < 4.78 is 37.1. The fraction of sp³-hybridized carbons (Fsp3) is 0. The molecular formula is C7H5BF3N2-. The second-order valence-corrected chi connectivity index (χ2v) is 2.74. The molecule has 0 aromatic carbocycles. The molecule has 0 fully saturated rings. The van der Waals surface area contributed by atoms with Gasteiger partial charge in [0.05, 0.1) is 11.7 Å². The van der Waals surface area contributed by atoms with Crippen molar-refractivity contribution in [2.75, 3.05) is 0 Å². The number of aromatic amines is 1. The first-order valence-electron chi connectivity index (χ1n) is 3.70. The van der Waals surface area contributed by atoms with Crippen LogP contribution in [0.1, 0.15) is 0 Å². The van der Waals surface area contributed by atoms with Gasteiger partial charge in [0.25, 0.3) is 0 Å². The lowest BCUT2D eigenvalue weighted by atomic mass is 9.80. The monoisotopic (exact) mass is 185 g/mol. The number of fused-ring (bicyclic) bond motifs is 1. The number of aromatic nitrogens is 2. The third-order valence-electron chi connectivity index (χ3n) is 1.87. The molecule has 2 rings (SSSR count). The standard InChI is InChI=1S/C7H5BF3N2/c9-8(10,11)6-3-13-7-4-12-2-1-5(6)7/h1-4,13H/q-1. The van der Waals surface area contributed by atoms with Crippen LogP contribution in [0.2, 0.25) is 0 Å². The van der Waals surface area contributed by atoms with E-state index in [0.717, 1.165) is 6.20 Å². The van der Waals surface area contributed by atoms with Crippen LogP contribution in [-0.2, 0) is 0 Å². The quantitative estimate of drug-likeness (QED) is 0.671. The number of halogens is 3. The average Bonchev–Trinajstić information content (AvgIpc) is 2.45. The molecule has 2 aromatic rings. The molecule has 1 N–H and O–H groups in total. The summed E-state index contributed by atoms with van der Waals surface area (Å²) in [5, 5.41) is 0.183. The molecular weight excluding hydrogens is 180 g/mol. The van der Waals surface area contributed by atoms with Gasteiger partial charge in [-0.15, -0.1) is 0 Å². The maximum absolute atomic E-state index is 12.4. The summed E-state index contributed by atoms with van der Waals surface area (Å²) in [7, 11) is 0. The molecule has 0 saturated heterocycles. The van der Waals surface area contributed by atoms with Crippen molar-refractivity contribution in [1.82, 2.24) is 9.97 Å². The first-order valence-corrected chi connectivity index (χ1v) is 3.70. The Labute approximate surface area is 71.8 Å². The Morgan fingerprint density at radius 2 is 2.08 bits per heavy atom. The highest BCUT2D eigenvalue weighted by molar-refractivity contribution is 6.76. The second kappa shape index (κ2) is 2.51. The second-order valence-electron chi connectivity index (χ2n) is 2.74. The van der Waals surface area contributed by atoms with Crippen LogP contribution in [0.5, 0.6) is 0 Å². The minimum absolute atomic E-state index is 0.183. The highest BCUT2D eigenvalue weighted by Crippen LogP contribution is 2.16. The molecule has 0 unspecified atom stereocenters. The van der Waals surface area contributed by atoms with Crippen molar-refractivity contribution < 1.29 is 12.9 Å². The molecule has 2 heterocycles. The molecule has 0 aliphatic carbocycles. The first-order chi connectivity index (χ1) is 6.09. The number of rotatable bonds is 1. The number of nitrogens with one attached hydrogen (secondary N) is 1. The number of hydrogen-bond donors (Lipinski definition) is 1. The van der Waals surface area contributed by atoms with Gasteiger partial charge in [-0.05, 0) is 17.6 Å². The minimum atomic E-state index is -4.94. The minimum Gasteiger partial charge on any atom is -0.445 e. The van der Waals surface area contributed by atoms with Crippen LogP contribution >= 0.6 is 0 Å². The van der Waals surface area contributed by atoms with Gasteiger partial charge in [0.1, 0.15) is 0 Å². The zero-order valence-electron chi connectivity index (χ0n) is 6.47. The molecule has 0 amide bonds. The van der Waals surface area contributed by atoms with Crippen molar-refractivity contribution in [2.24, 2.45) is 0 Å². The molecule has 0 radical (unpaired) electrons. The van der Waals surface area contributed by atoms with Crippen molar-refractivity contribution in [3.63, 3.8) is 0 Å². The van der Waals surface area contributed by atoms with E-state index < -0.39 is 12.4 Å². The van der Waals surface area contributed by atoms with Crippen LogP contribution in [0, 0.1) is 0 Å². The molecule has 0 atom stereocenters. The summed E-state index contributed by atoms with van der Waals surface area (Å²) in [6, 6.07) is 1.36. The van der Waals surface area contributed by atoms with E-state index in [4.69, 9.17) is 0 Å². The van der Waals surface area contributed by atoms with Gasteiger partial charge in [0, 0.05) is 6.20 Å². The fourth-order valence-electron chi connectivity index (χ4n) is 1.27. The van der Waals surface area contributed by atoms with Crippen LogP contribution in [-0.4, -0.2) is 16.9 Å². The van der Waals surface area contributed by atoms with Gasteiger partial charge in [-0.3, -0.25) is 4.98 Å². The van der Waals surface area contributed by atoms with Gasteiger partial charge in [0.2, 0.25) is 0 Å². The number of hydrogen-bond acceptors (Lipinski definition) is 1. The molecule has 2 nitrogen and oxygen atoms in total. The van der Waals surface area contributed by atoms with Crippen LogP contribution in [0.15, 0.2) is 24.7 Å². The van der Waals surface area contributed by atoms with E-state index in [9.17, 15) is 12.9 Å². The Morgan fingerprint density at radius 3 is 2.77 bits per heavy atom. The van der Waals surface area contributed by atoms with E-state index in [1.165, 1.54) is 18.5 Å². The molecule has 13 heavy (non-hydrogen) atoms. The number of nitrogens with zero attached hydrogens (tertiary/aromatic N) is 1. The summed E-state index contributed by atoms with van der Waals surface area (Å²) >= 11 is 0. The summed E-state index contributed by atoms with van der Waals surface area (Å²) in [6.07, 6.45) is 3.70. The topological polar surface area (TPSA) is 28.7 Å². The van der Waals surface area contributed by atoms with Gasteiger partial charge in [0.15, 0.2) is 0 Å². The molecule has 0 spiro atoms. The Balaban J connectivity index is 2.72. The van der Waals surface area contributed by atoms with Crippen LogP contribution < -0.4 is 5.46 Å². The molecule has 2 aromatic heterocycles.